The van der Waals surface area contributed by atoms with Crippen LogP contribution < -0.4 is 11.1 Å². The molecule has 0 bridgehead atoms. The van der Waals surface area contributed by atoms with E-state index in [4.69, 9.17) is 5.73 Å². The Labute approximate surface area is 170 Å². The first kappa shape index (κ1) is 20.1. The molecule has 146 valence electrons. The van der Waals surface area contributed by atoms with E-state index in [1.807, 2.05) is 25.2 Å². The summed E-state index contributed by atoms with van der Waals surface area (Å²) in [7, 11) is 1.59. The van der Waals surface area contributed by atoms with Crippen LogP contribution in [-0.4, -0.2) is 23.6 Å². The van der Waals surface area contributed by atoms with Gasteiger partial charge in [0.25, 0.3) is 0 Å². The van der Waals surface area contributed by atoms with E-state index in [-0.39, 0.29) is 17.9 Å². The molecule has 4 nitrogen and oxygen atoms in total. The van der Waals surface area contributed by atoms with Gasteiger partial charge in [0.15, 0.2) is 0 Å². The van der Waals surface area contributed by atoms with E-state index < -0.39 is 0 Å². The second-order valence-electron chi connectivity index (χ2n) is 7.11. The van der Waals surface area contributed by atoms with Crippen LogP contribution in [0.4, 0.5) is 0 Å². The standard InChI is InChI=1S/C17H13NS.C6H14N2O/c1-2-6-13(7-3-1)12-18-16-9-5-4-8-14(16)15-10-11-19-17(15)18;1-4(2)5(7)6(9)8-3/h1-11H,12H2;4-5H,7H2,1-3H3,(H,8,9). The highest BCUT2D eigenvalue weighted by atomic mass is 32.1. The van der Waals surface area contributed by atoms with Crippen molar-refractivity contribution in [3.63, 3.8) is 0 Å². The maximum atomic E-state index is 10.7. The van der Waals surface area contributed by atoms with Gasteiger partial charge < -0.3 is 15.6 Å². The van der Waals surface area contributed by atoms with E-state index in [2.05, 4.69) is 75.9 Å². The first-order valence-corrected chi connectivity index (χ1v) is 10.4. The fraction of sp³-hybridized carbons (Fsp3) is 0.261. The Morgan fingerprint density at radius 3 is 2.36 bits per heavy atom. The number of amides is 1. The van der Waals surface area contributed by atoms with Crippen LogP contribution in [0, 0.1) is 5.92 Å². The average Bonchev–Trinajstić information content (AvgIpc) is 3.31. The van der Waals surface area contributed by atoms with Gasteiger partial charge in [0, 0.05) is 24.4 Å². The van der Waals surface area contributed by atoms with Crippen LogP contribution in [0.2, 0.25) is 0 Å². The fourth-order valence-electron chi connectivity index (χ4n) is 3.15. The van der Waals surface area contributed by atoms with Gasteiger partial charge >= 0.3 is 0 Å². The summed E-state index contributed by atoms with van der Waals surface area (Å²) in [6.07, 6.45) is 0. The second-order valence-corrected chi connectivity index (χ2v) is 8.01. The van der Waals surface area contributed by atoms with Crippen LogP contribution in [0.3, 0.4) is 0 Å². The lowest BCUT2D eigenvalue weighted by Crippen LogP contribution is -2.42. The number of nitrogens with one attached hydrogen (secondary N) is 1. The number of aromatic nitrogens is 1. The zero-order chi connectivity index (χ0) is 20.1. The zero-order valence-corrected chi connectivity index (χ0v) is 17.4. The number of nitrogens with two attached hydrogens (primary N) is 1. The Kier molecular flexibility index (Phi) is 6.49. The van der Waals surface area contributed by atoms with Crippen molar-refractivity contribution in [1.82, 2.24) is 9.88 Å². The largest absolute Gasteiger partial charge is 0.358 e. The van der Waals surface area contributed by atoms with Crippen molar-refractivity contribution in [2.24, 2.45) is 11.7 Å². The van der Waals surface area contributed by atoms with Crippen molar-refractivity contribution in [2.45, 2.75) is 26.4 Å². The number of hydrogen-bond donors (Lipinski definition) is 2. The molecule has 2 heterocycles. The Morgan fingerprint density at radius 1 is 1.04 bits per heavy atom. The average molecular weight is 394 g/mol. The number of para-hydroxylation sites is 1. The number of rotatable bonds is 4. The van der Waals surface area contributed by atoms with Gasteiger partial charge in [-0.05, 0) is 29.0 Å². The summed E-state index contributed by atoms with van der Waals surface area (Å²) in [5.74, 6) is 0.120. The SMILES string of the molecule is CNC(=O)C(N)C(C)C.c1ccc(Cn2c3ccccc3c3ccsc32)cc1. The third-order valence-electron chi connectivity index (χ3n) is 4.83. The van der Waals surface area contributed by atoms with Crippen LogP contribution in [0.15, 0.2) is 66.0 Å². The lowest BCUT2D eigenvalue weighted by atomic mass is 10.1. The number of likely N-dealkylation sites (N-methyl/N-ethyl adjacent to an activating group) is 1. The molecule has 4 rings (SSSR count). The van der Waals surface area contributed by atoms with Crippen LogP contribution >= 0.6 is 11.3 Å². The van der Waals surface area contributed by atoms with Crippen molar-refractivity contribution < 1.29 is 4.79 Å². The van der Waals surface area contributed by atoms with Crippen molar-refractivity contribution in [3.8, 4) is 0 Å². The molecule has 0 aliphatic carbocycles. The zero-order valence-electron chi connectivity index (χ0n) is 16.6. The monoisotopic (exact) mass is 393 g/mol. The first-order chi connectivity index (χ1) is 13.5. The van der Waals surface area contributed by atoms with E-state index >= 15 is 0 Å². The smallest absolute Gasteiger partial charge is 0.236 e. The van der Waals surface area contributed by atoms with Gasteiger partial charge in [0.1, 0.15) is 4.83 Å². The Balaban J connectivity index is 0.000000215. The minimum absolute atomic E-state index is 0.0926. The molecule has 0 aliphatic rings. The topological polar surface area (TPSA) is 60.1 Å². The Hall–Kier alpha value is -2.63. The van der Waals surface area contributed by atoms with Crippen LogP contribution in [0.5, 0.6) is 0 Å². The summed E-state index contributed by atoms with van der Waals surface area (Å²) in [5, 5.41) is 7.39. The molecule has 1 unspecified atom stereocenters. The van der Waals surface area contributed by atoms with Crippen molar-refractivity contribution in [3.05, 3.63) is 71.6 Å². The van der Waals surface area contributed by atoms with Gasteiger partial charge in [0.2, 0.25) is 5.91 Å². The molecule has 28 heavy (non-hydrogen) atoms. The Morgan fingerprint density at radius 2 is 1.71 bits per heavy atom. The van der Waals surface area contributed by atoms with Gasteiger partial charge in [-0.3, -0.25) is 4.79 Å². The summed E-state index contributed by atoms with van der Waals surface area (Å²) in [4.78, 5) is 12.1. The molecule has 0 saturated carbocycles. The summed E-state index contributed by atoms with van der Waals surface area (Å²) >= 11 is 1.82. The molecule has 0 fully saturated rings. The van der Waals surface area contributed by atoms with Gasteiger partial charge in [-0.25, -0.2) is 0 Å². The van der Waals surface area contributed by atoms with Crippen LogP contribution in [-0.2, 0) is 11.3 Å². The van der Waals surface area contributed by atoms with Crippen molar-refractivity contribution in [2.75, 3.05) is 7.05 Å². The number of nitrogens with zero attached hydrogens (tertiary/aromatic N) is 1. The number of carbonyl (C=O) groups excluding carboxylic acids is 1. The van der Waals surface area contributed by atoms with Crippen molar-refractivity contribution >= 4 is 38.4 Å². The summed E-state index contributed by atoms with van der Waals surface area (Å²) in [6.45, 7) is 4.77. The predicted molar refractivity (Wildman–Crippen MR) is 120 cm³/mol. The maximum absolute atomic E-state index is 10.7. The minimum Gasteiger partial charge on any atom is -0.358 e. The first-order valence-electron chi connectivity index (χ1n) is 9.48. The quantitative estimate of drug-likeness (QED) is 0.531. The molecule has 0 spiro atoms. The number of benzene rings is 2. The van der Waals surface area contributed by atoms with E-state index in [1.165, 1.54) is 26.7 Å². The Bertz CT molecular complexity index is 1050. The highest BCUT2D eigenvalue weighted by molar-refractivity contribution is 7.17. The third kappa shape index (κ3) is 4.26. The predicted octanol–water partition coefficient (Wildman–Crippen LogP) is 4.62. The van der Waals surface area contributed by atoms with Gasteiger partial charge in [0.05, 0.1) is 11.6 Å². The highest BCUT2D eigenvalue weighted by Gasteiger charge is 2.14. The van der Waals surface area contributed by atoms with Crippen LogP contribution in [0.1, 0.15) is 19.4 Å². The summed E-state index contributed by atoms with van der Waals surface area (Å²) in [6, 6.07) is 21.2. The number of carbonyl (C=O) groups is 1. The van der Waals surface area contributed by atoms with Crippen LogP contribution in [0.25, 0.3) is 21.1 Å². The molecular weight excluding hydrogens is 366 g/mol. The van der Waals surface area contributed by atoms with Gasteiger partial charge in [-0.15, -0.1) is 11.3 Å². The minimum atomic E-state index is -0.366. The maximum Gasteiger partial charge on any atom is 0.236 e. The van der Waals surface area contributed by atoms with E-state index in [0.717, 1.165) is 6.54 Å². The molecule has 4 aromatic rings. The summed E-state index contributed by atoms with van der Waals surface area (Å²) < 4.78 is 2.42. The molecule has 3 N–H and O–H groups in total. The molecule has 1 amide bonds. The normalized spacial score (nSPS) is 12.0. The number of hydrogen-bond acceptors (Lipinski definition) is 3. The molecule has 2 aromatic heterocycles. The third-order valence-corrected chi connectivity index (χ3v) is 5.76. The molecule has 0 radical (unpaired) electrons. The molecule has 5 heteroatoms. The number of thiophene rings is 1. The number of fused-ring (bicyclic) bond motifs is 3. The lowest BCUT2D eigenvalue weighted by molar-refractivity contribution is -0.122. The van der Waals surface area contributed by atoms with E-state index in [1.54, 1.807) is 7.05 Å². The second kappa shape index (κ2) is 9.04. The summed E-state index contributed by atoms with van der Waals surface area (Å²) in [5.41, 5.74) is 8.13. The van der Waals surface area contributed by atoms with Gasteiger partial charge in [-0.2, -0.15) is 0 Å². The van der Waals surface area contributed by atoms with Gasteiger partial charge in [-0.1, -0.05) is 62.4 Å². The van der Waals surface area contributed by atoms with E-state index in [9.17, 15) is 4.79 Å². The van der Waals surface area contributed by atoms with Crippen molar-refractivity contribution in [1.29, 1.82) is 0 Å². The fourth-order valence-corrected chi connectivity index (χ4v) is 4.08. The molecular formula is C23H27N3OS. The molecule has 2 aromatic carbocycles. The molecule has 1 atom stereocenters. The molecule has 0 saturated heterocycles. The highest BCUT2D eigenvalue weighted by Crippen LogP contribution is 2.33. The van der Waals surface area contributed by atoms with E-state index in [0.29, 0.717) is 0 Å². The molecule has 0 aliphatic heterocycles. The lowest BCUT2D eigenvalue weighted by Gasteiger charge is -2.12.